The number of carbonyl (C=O) groups excluding carboxylic acids is 1. The van der Waals surface area contributed by atoms with Crippen molar-refractivity contribution in [3.05, 3.63) is 40.9 Å². The molecule has 1 N–H and O–H groups in total. The van der Waals surface area contributed by atoms with Gasteiger partial charge >= 0.3 is 0 Å². The van der Waals surface area contributed by atoms with E-state index in [1.165, 1.54) is 0 Å². The van der Waals surface area contributed by atoms with Crippen LogP contribution in [0.15, 0.2) is 50.8 Å². The Bertz CT molecular complexity index is 812. The zero-order valence-electron chi connectivity index (χ0n) is 16.2. The van der Waals surface area contributed by atoms with Crippen molar-refractivity contribution >= 4 is 39.4 Å². The van der Waals surface area contributed by atoms with Crippen LogP contribution in [0.4, 0.5) is 5.82 Å². The quantitative estimate of drug-likeness (QED) is 0.681. The highest BCUT2D eigenvalue weighted by Gasteiger charge is 2.27. The van der Waals surface area contributed by atoms with Gasteiger partial charge in [0, 0.05) is 35.6 Å². The highest BCUT2D eigenvalue weighted by molar-refractivity contribution is 9.10. The van der Waals surface area contributed by atoms with Gasteiger partial charge in [-0.25, -0.2) is 0 Å². The second-order valence-electron chi connectivity index (χ2n) is 7.45. The fraction of sp³-hybridized carbons (Fsp3) is 0.476. The van der Waals surface area contributed by atoms with Crippen molar-refractivity contribution in [2.75, 3.05) is 31.1 Å². The molecule has 1 aromatic heterocycles. The van der Waals surface area contributed by atoms with Gasteiger partial charge in [0.25, 0.3) is 0 Å². The van der Waals surface area contributed by atoms with Crippen molar-refractivity contribution in [2.24, 2.45) is 5.92 Å². The van der Waals surface area contributed by atoms with E-state index >= 15 is 0 Å². The van der Waals surface area contributed by atoms with Crippen LogP contribution in [0.3, 0.4) is 0 Å². The number of benzene rings is 1. The summed E-state index contributed by atoms with van der Waals surface area (Å²) in [4.78, 5) is 15.9. The number of piperidine rings is 1. The Morgan fingerprint density at radius 2 is 2.03 bits per heavy atom. The monoisotopic (exact) mass is 476 g/mol. The first-order valence-corrected chi connectivity index (χ1v) is 11.7. The third-order valence-corrected chi connectivity index (χ3v) is 6.77. The molecule has 8 heteroatoms. The summed E-state index contributed by atoms with van der Waals surface area (Å²) in [5, 5.41) is 12.7. The van der Waals surface area contributed by atoms with Crippen LogP contribution >= 0.6 is 27.7 Å². The molecule has 4 rings (SSSR count). The molecule has 2 aliphatic rings. The minimum Gasteiger partial charge on any atom is -0.376 e. The SMILES string of the molecule is O=C(NC[C@@H]1CCCO1)[C@@H]1CCCN(c2ccc(Sc3ccc(Br)cc3)nn2)C1. The van der Waals surface area contributed by atoms with Crippen molar-refractivity contribution in [3.8, 4) is 0 Å². The molecule has 0 saturated carbocycles. The van der Waals surface area contributed by atoms with E-state index in [9.17, 15) is 4.79 Å². The van der Waals surface area contributed by atoms with Crippen LogP contribution in [-0.4, -0.2) is 48.4 Å². The Labute approximate surface area is 183 Å². The van der Waals surface area contributed by atoms with E-state index in [0.717, 1.165) is 59.0 Å². The lowest BCUT2D eigenvalue weighted by Gasteiger charge is -2.32. The standard InChI is InChI=1S/C21H25BrN4O2S/c22-16-5-7-18(8-6-16)29-20-10-9-19(24-25-20)26-11-1-3-15(14-26)21(27)23-13-17-4-2-12-28-17/h5-10,15,17H,1-4,11-14H2,(H,23,27)/t15-,17+/m1/s1. The van der Waals surface area contributed by atoms with Crippen molar-refractivity contribution in [1.82, 2.24) is 15.5 Å². The lowest BCUT2D eigenvalue weighted by Crippen LogP contribution is -2.45. The minimum atomic E-state index is -0.0104. The van der Waals surface area contributed by atoms with Crippen LogP contribution in [0.25, 0.3) is 0 Å². The summed E-state index contributed by atoms with van der Waals surface area (Å²) in [5.74, 6) is 0.950. The lowest BCUT2D eigenvalue weighted by atomic mass is 9.97. The maximum atomic E-state index is 12.6. The molecule has 2 fully saturated rings. The molecule has 0 aliphatic carbocycles. The van der Waals surface area contributed by atoms with Crippen LogP contribution in [0.2, 0.25) is 0 Å². The zero-order chi connectivity index (χ0) is 20.1. The number of anilines is 1. The van der Waals surface area contributed by atoms with E-state index in [4.69, 9.17) is 4.74 Å². The first-order valence-electron chi connectivity index (χ1n) is 10.1. The molecule has 2 atom stereocenters. The fourth-order valence-corrected chi connectivity index (χ4v) is 4.72. The molecule has 1 amide bonds. The van der Waals surface area contributed by atoms with Gasteiger partial charge in [0.2, 0.25) is 5.91 Å². The highest BCUT2D eigenvalue weighted by Crippen LogP contribution is 2.28. The van der Waals surface area contributed by atoms with Gasteiger partial charge in [-0.3, -0.25) is 4.79 Å². The number of carbonyl (C=O) groups is 1. The smallest absolute Gasteiger partial charge is 0.224 e. The molecule has 2 aromatic rings. The molecule has 0 spiro atoms. The normalized spacial score (nSPS) is 21.9. The van der Waals surface area contributed by atoms with Gasteiger partial charge in [-0.1, -0.05) is 27.7 Å². The predicted octanol–water partition coefficient (Wildman–Crippen LogP) is 3.90. The van der Waals surface area contributed by atoms with E-state index in [0.29, 0.717) is 13.1 Å². The van der Waals surface area contributed by atoms with Crippen LogP contribution in [0.5, 0.6) is 0 Å². The van der Waals surface area contributed by atoms with E-state index in [2.05, 4.69) is 48.5 Å². The zero-order valence-corrected chi connectivity index (χ0v) is 18.6. The van der Waals surface area contributed by atoms with E-state index < -0.39 is 0 Å². The maximum Gasteiger partial charge on any atom is 0.224 e. The summed E-state index contributed by atoms with van der Waals surface area (Å²) >= 11 is 5.04. The molecule has 2 aliphatic heterocycles. The number of hydrogen-bond acceptors (Lipinski definition) is 6. The number of rotatable bonds is 6. The van der Waals surface area contributed by atoms with Gasteiger partial charge in [0.15, 0.2) is 5.82 Å². The van der Waals surface area contributed by atoms with Crippen molar-refractivity contribution < 1.29 is 9.53 Å². The van der Waals surface area contributed by atoms with Crippen LogP contribution in [-0.2, 0) is 9.53 Å². The van der Waals surface area contributed by atoms with Crippen LogP contribution in [0.1, 0.15) is 25.7 Å². The van der Waals surface area contributed by atoms with Gasteiger partial charge in [0.05, 0.1) is 12.0 Å². The second-order valence-corrected chi connectivity index (χ2v) is 9.46. The molecule has 3 heterocycles. The lowest BCUT2D eigenvalue weighted by molar-refractivity contribution is -0.125. The van der Waals surface area contributed by atoms with Gasteiger partial charge in [-0.2, -0.15) is 0 Å². The highest BCUT2D eigenvalue weighted by atomic mass is 79.9. The summed E-state index contributed by atoms with van der Waals surface area (Å²) in [7, 11) is 0. The van der Waals surface area contributed by atoms with Crippen LogP contribution < -0.4 is 10.2 Å². The Balaban J connectivity index is 1.31. The molecular weight excluding hydrogens is 452 g/mol. The number of nitrogens with one attached hydrogen (secondary N) is 1. The van der Waals surface area contributed by atoms with Crippen molar-refractivity contribution in [3.63, 3.8) is 0 Å². The number of hydrogen-bond donors (Lipinski definition) is 1. The molecule has 0 bridgehead atoms. The Hall–Kier alpha value is -1.64. The van der Waals surface area contributed by atoms with E-state index in [-0.39, 0.29) is 17.9 Å². The Kier molecular flexibility index (Phi) is 7.05. The number of amides is 1. The summed E-state index contributed by atoms with van der Waals surface area (Å²) in [6, 6.07) is 12.1. The number of ether oxygens (including phenoxy) is 1. The third-order valence-electron chi connectivity index (χ3n) is 5.31. The average molecular weight is 477 g/mol. The number of nitrogens with zero attached hydrogens (tertiary/aromatic N) is 3. The molecule has 0 unspecified atom stereocenters. The first kappa shape index (κ1) is 20.6. The molecule has 2 saturated heterocycles. The Morgan fingerprint density at radius 1 is 1.17 bits per heavy atom. The van der Waals surface area contributed by atoms with Crippen molar-refractivity contribution in [2.45, 2.75) is 41.7 Å². The molecule has 29 heavy (non-hydrogen) atoms. The van der Waals surface area contributed by atoms with E-state index in [1.54, 1.807) is 11.8 Å². The largest absolute Gasteiger partial charge is 0.376 e. The van der Waals surface area contributed by atoms with E-state index in [1.807, 2.05) is 24.3 Å². The van der Waals surface area contributed by atoms with Gasteiger partial charge in [-0.05, 0) is 62.1 Å². The topological polar surface area (TPSA) is 67.3 Å². The number of halogens is 1. The molecule has 0 radical (unpaired) electrons. The van der Waals surface area contributed by atoms with Gasteiger partial charge in [0.1, 0.15) is 5.03 Å². The Morgan fingerprint density at radius 3 is 2.76 bits per heavy atom. The van der Waals surface area contributed by atoms with Crippen LogP contribution in [0, 0.1) is 5.92 Å². The third kappa shape index (κ3) is 5.71. The first-order chi connectivity index (χ1) is 14.2. The average Bonchev–Trinajstić information content (AvgIpc) is 3.28. The summed E-state index contributed by atoms with van der Waals surface area (Å²) < 4.78 is 6.65. The second kappa shape index (κ2) is 9.91. The predicted molar refractivity (Wildman–Crippen MR) is 117 cm³/mol. The van der Waals surface area contributed by atoms with Crippen molar-refractivity contribution in [1.29, 1.82) is 0 Å². The fourth-order valence-electron chi connectivity index (χ4n) is 3.72. The van der Waals surface area contributed by atoms with Gasteiger partial charge in [-0.15, -0.1) is 10.2 Å². The summed E-state index contributed by atoms with van der Waals surface area (Å²) in [6.45, 7) is 3.03. The molecule has 1 aromatic carbocycles. The van der Waals surface area contributed by atoms with Gasteiger partial charge < -0.3 is 15.0 Å². The number of aromatic nitrogens is 2. The minimum absolute atomic E-state index is 0.0104. The molecular formula is C21H25BrN4O2S. The molecule has 6 nitrogen and oxygen atoms in total. The summed E-state index contributed by atoms with van der Waals surface area (Å²) in [5.41, 5.74) is 0. The molecule has 154 valence electrons. The maximum absolute atomic E-state index is 12.6. The summed E-state index contributed by atoms with van der Waals surface area (Å²) in [6.07, 6.45) is 4.21.